The second kappa shape index (κ2) is 8.29. The first kappa shape index (κ1) is 17.7. The van der Waals surface area contributed by atoms with Gasteiger partial charge in [-0.2, -0.15) is 0 Å². The Balaban J connectivity index is 1.94. The number of benzene rings is 1. The maximum absolute atomic E-state index is 12.6. The maximum Gasteiger partial charge on any atom is 0.272 e. The van der Waals surface area contributed by atoms with Gasteiger partial charge < -0.3 is 14.4 Å². The molecule has 0 atom stereocenters. The van der Waals surface area contributed by atoms with Crippen molar-refractivity contribution in [2.24, 2.45) is 0 Å². The first-order valence-corrected chi connectivity index (χ1v) is 7.92. The van der Waals surface area contributed by atoms with Crippen LogP contribution in [0.25, 0.3) is 0 Å². The predicted molar refractivity (Wildman–Crippen MR) is 91.6 cm³/mol. The minimum absolute atomic E-state index is 0.107. The van der Waals surface area contributed by atoms with Crippen LogP contribution in [0, 0.1) is 13.8 Å². The monoisotopic (exact) mass is 329 g/mol. The molecule has 0 saturated heterocycles. The summed E-state index contributed by atoms with van der Waals surface area (Å²) in [6.07, 6.45) is 0. The Bertz CT molecular complexity index is 666. The van der Waals surface area contributed by atoms with E-state index in [0.717, 1.165) is 17.2 Å². The quantitative estimate of drug-likeness (QED) is 0.781. The summed E-state index contributed by atoms with van der Waals surface area (Å²) in [5.41, 5.74) is 1.21. The van der Waals surface area contributed by atoms with Crippen molar-refractivity contribution in [2.75, 3.05) is 26.8 Å². The molecule has 1 aromatic carbocycles. The molecular weight excluding hydrogens is 306 g/mol. The summed E-state index contributed by atoms with van der Waals surface area (Å²) in [6, 6.07) is 9.07. The normalized spacial score (nSPS) is 10.3. The Hall–Kier alpha value is -2.63. The highest BCUT2D eigenvalue weighted by Gasteiger charge is 2.16. The van der Waals surface area contributed by atoms with E-state index in [1.54, 1.807) is 25.0 Å². The number of amides is 1. The minimum atomic E-state index is -0.107. The van der Waals surface area contributed by atoms with Crippen LogP contribution in [0.5, 0.6) is 11.5 Å². The van der Waals surface area contributed by atoms with E-state index in [0.29, 0.717) is 31.2 Å². The van der Waals surface area contributed by atoms with Gasteiger partial charge in [-0.05, 0) is 51.1 Å². The van der Waals surface area contributed by atoms with Gasteiger partial charge in [0.15, 0.2) is 0 Å². The average molecular weight is 329 g/mol. The van der Waals surface area contributed by atoms with E-state index in [-0.39, 0.29) is 5.91 Å². The summed E-state index contributed by atoms with van der Waals surface area (Å²) in [5, 5.41) is 0. The lowest BCUT2D eigenvalue weighted by atomic mass is 10.3. The van der Waals surface area contributed by atoms with Crippen molar-refractivity contribution in [3.8, 4) is 11.5 Å². The van der Waals surface area contributed by atoms with Crippen LogP contribution in [0.4, 0.5) is 0 Å². The number of rotatable bonds is 7. The van der Waals surface area contributed by atoms with E-state index in [2.05, 4.69) is 9.97 Å². The number of hydrogen-bond donors (Lipinski definition) is 0. The molecule has 0 radical (unpaired) electrons. The highest BCUT2D eigenvalue weighted by atomic mass is 16.5. The highest BCUT2D eigenvalue weighted by molar-refractivity contribution is 5.92. The van der Waals surface area contributed by atoms with Crippen LogP contribution < -0.4 is 9.47 Å². The molecule has 2 rings (SSSR count). The van der Waals surface area contributed by atoms with Crippen molar-refractivity contribution in [2.45, 2.75) is 20.8 Å². The summed E-state index contributed by atoms with van der Waals surface area (Å²) < 4.78 is 10.8. The molecule has 6 heteroatoms. The van der Waals surface area contributed by atoms with Crippen LogP contribution in [0.2, 0.25) is 0 Å². The fourth-order valence-corrected chi connectivity index (χ4v) is 2.34. The molecule has 0 fully saturated rings. The summed E-state index contributed by atoms with van der Waals surface area (Å²) in [6.45, 7) is 7.07. The average Bonchev–Trinajstić information content (AvgIpc) is 2.58. The van der Waals surface area contributed by atoms with E-state index in [1.807, 2.05) is 38.1 Å². The molecule has 0 N–H and O–H groups in total. The van der Waals surface area contributed by atoms with Gasteiger partial charge in [-0.1, -0.05) is 0 Å². The number of likely N-dealkylation sites (N-methyl/N-ethyl adjacent to an activating group) is 1. The number of methoxy groups -OCH3 is 1. The molecular formula is C18H23N3O3. The van der Waals surface area contributed by atoms with Crippen LogP contribution >= 0.6 is 0 Å². The van der Waals surface area contributed by atoms with E-state index in [1.165, 1.54) is 0 Å². The lowest BCUT2D eigenvalue weighted by Crippen LogP contribution is -2.35. The van der Waals surface area contributed by atoms with Gasteiger partial charge in [-0.25, -0.2) is 9.97 Å². The van der Waals surface area contributed by atoms with Crippen LogP contribution in [0.1, 0.15) is 28.9 Å². The van der Waals surface area contributed by atoms with E-state index < -0.39 is 0 Å². The molecule has 0 aliphatic rings. The summed E-state index contributed by atoms with van der Waals surface area (Å²) in [4.78, 5) is 22.7. The van der Waals surface area contributed by atoms with Gasteiger partial charge in [0, 0.05) is 12.2 Å². The Morgan fingerprint density at radius 3 is 2.38 bits per heavy atom. The highest BCUT2D eigenvalue weighted by Crippen LogP contribution is 2.17. The third kappa shape index (κ3) is 4.68. The number of carbonyl (C=O) groups excluding carboxylic acids is 1. The summed E-state index contributed by atoms with van der Waals surface area (Å²) in [5.74, 6) is 2.02. The van der Waals surface area contributed by atoms with Gasteiger partial charge in [0.25, 0.3) is 5.91 Å². The molecule has 0 saturated carbocycles. The van der Waals surface area contributed by atoms with E-state index in [9.17, 15) is 4.79 Å². The Morgan fingerprint density at radius 1 is 1.12 bits per heavy atom. The summed E-state index contributed by atoms with van der Waals surface area (Å²) >= 11 is 0. The van der Waals surface area contributed by atoms with Crippen LogP contribution in [0.15, 0.2) is 30.3 Å². The number of aryl methyl sites for hydroxylation is 2. The largest absolute Gasteiger partial charge is 0.497 e. The molecule has 1 heterocycles. The van der Waals surface area contributed by atoms with Crippen molar-refractivity contribution in [3.05, 3.63) is 47.5 Å². The topological polar surface area (TPSA) is 64.6 Å². The second-order valence-corrected chi connectivity index (χ2v) is 5.35. The fraction of sp³-hybridized carbons (Fsp3) is 0.389. The molecule has 1 amide bonds. The van der Waals surface area contributed by atoms with Crippen molar-refractivity contribution >= 4 is 5.91 Å². The lowest BCUT2D eigenvalue weighted by molar-refractivity contribution is 0.0733. The summed E-state index contributed by atoms with van der Waals surface area (Å²) in [7, 11) is 1.62. The predicted octanol–water partition coefficient (Wildman–Crippen LogP) is 2.64. The number of carbonyl (C=O) groups is 1. The molecule has 24 heavy (non-hydrogen) atoms. The zero-order chi connectivity index (χ0) is 17.5. The Labute approximate surface area is 142 Å². The zero-order valence-electron chi connectivity index (χ0n) is 14.6. The third-order valence-corrected chi connectivity index (χ3v) is 3.54. The zero-order valence-corrected chi connectivity index (χ0v) is 14.6. The van der Waals surface area contributed by atoms with Gasteiger partial charge >= 0.3 is 0 Å². The van der Waals surface area contributed by atoms with Gasteiger partial charge in [0.2, 0.25) is 0 Å². The molecule has 2 aromatic rings. The molecule has 0 spiro atoms. The number of ether oxygens (including phenoxy) is 2. The van der Waals surface area contributed by atoms with Gasteiger partial charge in [-0.15, -0.1) is 0 Å². The first-order valence-electron chi connectivity index (χ1n) is 7.92. The Morgan fingerprint density at radius 2 is 1.79 bits per heavy atom. The molecule has 1 aromatic heterocycles. The number of aromatic nitrogens is 2. The SMILES string of the molecule is CCN(CCOc1ccc(OC)cc1)C(=O)c1cc(C)nc(C)n1. The third-order valence-electron chi connectivity index (χ3n) is 3.54. The molecule has 128 valence electrons. The van der Waals surface area contributed by atoms with Gasteiger partial charge in [0.05, 0.1) is 13.7 Å². The van der Waals surface area contributed by atoms with E-state index in [4.69, 9.17) is 9.47 Å². The van der Waals surface area contributed by atoms with Crippen molar-refractivity contribution < 1.29 is 14.3 Å². The molecule has 6 nitrogen and oxygen atoms in total. The van der Waals surface area contributed by atoms with Gasteiger partial charge in [-0.3, -0.25) is 4.79 Å². The van der Waals surface area contributed by atoms with Crippen LogP contribution in [-0.4, -0.2) is 47.6 Å². The fourth-order valence-electron chi connectivity index (χ4n) is 2.34. The van der Waals surface area contributed by atoms with Crippen molar-refractivity contribution in [3.63, 3.8) is 0 Å². The molecule has 0 aliphatic carbocycles. The van der Waals surface area contributed by atoms with E-state index >= 15 is 0 Å². The number of nitrogens with zero attached hydrogens (tertiary/aromatic N) is 3. The van der Waals surface area contributed by atoms with Gasteiger partial charge in [0.1, 0.15) is 29.6 Å². The van der Waals surface area contributed by atoms with Crippen LogP contribution in [-0.2, 0) is 0 Å². The molecule has 0 aliphatic heterocycles. The second-order valence-electron chi connectivity index (χ2n) is 5.35. The Kier molecular flexibility index (Phi) is 6.12. The van der Waals surface area contributed by atoms with Crippen molar-refractivity contribution in [1.82, 2.24) is 14.9 Å². The standard InChI is InChI=1S/C18H23N3O3/c1-5-21(18(22)17-12-13(2)19-14(3)20-17)10-11-24-16-8-6-15(23-4)7-9-16/h6-9,12H,5,10-11H2,1-4H3. The van der Waals surface area contributed by atoms with Crippen LogP contribution in [0.3, 0.4) is 0 Å². The maximum atomic E-state index is 12.6. The van der Waals surface area contributed by atoms with Crippen molar-refractivity contribution in [1.29, 1.82) is 0 Å². The number of hydrogen-bond acceptors (Lipinski definition) is 5. The molecule has 0 bridgehead atoms. The minimum Gasteiger partial charge on any atom is -0.497 e. The lowest BCUT2D eigenvalue weighted by Gasteiger charge is -2.21. The smallest absolute Gasteiger partial charge is 0.272 e. The molecule has 0 unspecified atom stereocenters. The first-order chi connectivity index (χ1) is 11.5.